The van der Waals surface area contributed by atoms with Crippen LogP contribution in [0.25, 0.3) is 10.9 Å². The number of aromatic nitrogens is 3. The van der Waals surface area contributed by atoms with Crippen molar-refractivity contribution in [2.75, 3.05) is 0 Å². The van der Waals surface area contributed by atoms with Crippen molar-refractivity contribution in [3.05, 3.63) is 59.5 Å². The molecule has 4 rings (SSSR count). The maximum absolute atomic E-state index is 11.0. The van der Waals surface area contributed by atoms with Gasteiger partial charge in [-0.05, 0) is 30.5 Å². The van der Waals surface area contributed by atoms with Crippen LogP contribution in [-0.4, -0.2) is 21.7 Å². The normalized spacial score (nSPS) is 15.5. The van der Waals surface area contributed by atoms with Crippen LogP contribution in [-0.2, 0) is 16.0 Å². The van der Waals surface area contributed by atoms with E-state index in [1.807, 2.05) is 36.5 Å². The minimum atomic E-state index is -0.338. The van der Waals surface area contributed by atoms with Gasteiger partial charge >= 0.3 is 0 Å². The molecule has 5 nitrogen and oxygen atoms in total. The largest absolute Gasteiger partial charge is 0.459 e. The zero-order chi connectivity index (χ0) is 15.6. The maximum Gasteiger partial charge on any atom is 0.293 e. The van der Waals surface area contributed by atoms with E-state index in [0.717, 1.165) is 22.0 Å². The summed E-state index contributed by atoms with van der Waals surface area (Å²) in [7, 11) is 0. The monoisotopic (exact) mass is 307 g/mol. The van der Waals surface area contributed by atoms with Crippen LogP contribution < -0.4 is 0 Å². The Morgan fingerprint density at radius 2 is 2.22 bits per heavy atom. The second kappa shape index (κ2) is 5.83. The van der Waals surface area contributed by atoms with Crippen LogP contribution in [0, 0.1) is 0 Å². The molecule has 2 heterocycles. The Balaban J connectivity index is 1.72. The molecule has 1 atom stereocenters. The minimum absolute atomic E-state index is 0.338. The van der Waals surface area contributed by atoms with Crippen LogP contribution in [0.3, 0.4) is 0 Å². The van der Waals surface area contributed by atoms with Crippen molar-refractivity contribution in [1.82, 2.24) is 15.2 Å². The molecule has 0 saturated heterocycles. The van der Waals surface area contributed by atoms with E-state index in [2.05, 4.69) is 15.2 Å². The molecule has 5 heteroatoms. The molecule has 1 fully saturated rings. The van der Waals surface area contributed by atoms with Crippen LogP contribution in [0.5, 0.6) is 0 Å². The van der Waals surface area contributed by atoms with E-state index in [1.165, 1.54) is 18.5 Å². The smallest absolute Gasteiger partial charge is 0.293 e. The molecule has 1 aromatic carbocycles. The highest BCUT2D eigenvalue weighted by atomic mass is 16.5. The number of rotatable bonds is 6. The molecule has 0 bridgehead atoms. The Bertz CT molecular complexity index is 834. The number of H-pyrrole nitrogens is 1. The fourth-order valence-corrected chi connectivity index (χ4v) is 3.12. The summed E-state index contributed by atoms with van der Waals surface area (Å²) in [5.74, 6) is 0.582. The summed E-state index contributed by atoms with van der Waals surface area (Å²) in [6, 6.07) is 9.82. The summed E-state index contributed by atoms with van der Waals surface area (Å²) in [5.41, 5.74) is 4.19. The number of aromatic amines is 1. The molecule has 0 radical (unpaired) electrons. The summed E-state index contributed by atoms with van der Waals surface area (Å²) >= 11 is 0. The molecule has 1 aliphatic rings. The van der Waals surface area contributed by atoms with Crippen molar-refractivity contribution >= 4 is 17.4 Å². The van der Waals surface area contributed by atoms with Crippen molar-refractivity contribution < 1.29 is 9.53 Å². The van der Waals surface area contributed by atoms with E-state index in [1.54, 1.807) is 6.20 Å². The first-order valence-electron chi connectivity index (χ1n) is 7.81. The fraction of sp³-hybridized carbons (Fsp3) is 0.278. The van der Waals surface area contributed by atoms with Gasteiger partial charge in [-0.1, -0.05) is 18.2 Å². The van der Waals surface area contributed by atoms with Gasteiger partial charge < -0.3 is 4.74 Å². The molecule has 1 aliphatic carbocycles. The van der Waals surface area contributed by atoms with Gasteiger partial charge in [0.05, 0.1) is 11.7 Å². The molecule has 2 aromatic heterocycles. The zero-order valence-electron chi connectivity index (χ0n) is 12.6. The third kappa shape index (κ3) is 2.70. The summed E-state index contributed by atoms with van der Waals surface area (Å²) in [6.07, 6.45) is 6.30. The van der Waals surface area contributed by atoms with Crippen LogP contribution in [0.15, 0.2) is 42.7 Å². The quantitative estimate of drug-likeness (QED) is 0.710. The summed E-state index contributed by atoms with van der Waals surface area (Å²) in [6.45, 7) is 0.525. The summed E-state index contributed by atoms with van der Waals surface area (Å²) in [4.78, 5) is 15.4. The Labute approximate surface area is 133 Å². The van der Waals surface area contributed by atoms with E-state index >= 15 is 0 Å². The number of ether oxygens (including phenoxy) is 1. The van der Waals surface area contributed by atoms with Crippen molar-refractivity contribution in [3.63, 3.8) is 0 Å². The molecule has 0 aliphatic heterocycles. The van der Waals surface area contributed by atoms with Crippen LogP contribution >= 0.6 is 0 Å². The van der Waals surface area contributed by atoms with E-state index in [9.17, 15) is 4.79 Å². The maximum atomic E-state index is 11.0. The van der Waals surface area contributed by atoms with Crippen molar-refractivity contribution in [2.24, 2.45) is 0 Å². The number of carbonyl (C=O) groups excluding carboxylic acids is 1. The third-order valence-electron chi connectivity index (χ3n) is 4.39. The molecular formula is C18H17N3O2. The molecule has 1 N–H and O–H groups in total. The molecule has 0 amide bonds. The van der Waals surface area contributed by atoms with Gasteiger partial charge in [0.25, 0.3) is 6.47 Å². The standard InChI is InChI=1S/C18H17N3O2/c22-11-23-17(9-13-10-20-21-18(13)12-6-7-12)15-3-1-5-16-14(15)4-2-8-19-16/h1-5,8,10-12,17H,6-7,9H2,(H,20,21). The number of benzene rings is 1. The summed E-state index contributed by atoms with van der Waals surface area (Å²) in [5, 5.41) is 8.28. The SMILES string of the molecule is O=COC(Cc1cn[nH]c1C1CC1)c1cccc2ncccc12. The highest BCUT2D eigenvalue weighted by molar-refractivity contribution is 5.82. The highest BCUT2D eigenvalue weighted by Crippen LogP contribution is 2.41. The van der Waals surface area contributed by atoms with E-state index in [4.69, 9.17) is 4.74 Å². The van der Waals surface area contributed by atoms with Crippen LogP contribution in [0.1, 0.15) is 41.7 Å². The lowest BCUT2D eigenvalue weighted by Crippen LogP contribution is -2.08. The highest BCUT2D eigenvalue weighted by Gasteiger charge is 2.29. The molecule has 116 valence electrons. The first-order chi connectivity index (χ1) is 11.4. The predicted octanol–water partition coefficient (Wildman–Crippen LogP) is 3.29. The number of fused-ring (bicyclic) bond motifs is 1. The van der Waals surface area contributed by atoms with Crippen LogP contribution in [0.4, 0.5) is 0 Å². The Morgan fingerprint density at radius 3 is 3.04 bits per heavy atom. The summed E-state index contributed by atoms with van der Waals surface area (Å²) < 4.78 is 5.41. The number of nitrogens with zero attached hydrogens (tertiary/aromatic N) is 2. The van der Waals surface area contributed by atoms with Gasteiger partial charge in [0, 0.05) is 35.2 Å². The first-order valence-corrected chi connectivity index (χ1v) is 7.81. The lowest BCUT2D eigenvalue weighted by atomic mass is 9.97. The van der Waals surface area contributed by atoms with Gasteiger partial charge in [-0.15, -0.1) is 0 Å². The average Bonchev–Trinajstić information content (AvgIpc) is 3.33. The lowest BCUT2D eigenvalue weighted by molar-refractivity contribution is -0.133. The Morgan fingerprint density at radius 1 is 1.30 bits per heavy atom. The number of carbonyl (C=O) groups is 1. The van der Waals surface area contributed by atoms with Crippen molar-refractivity contribution in [1.29, 1.82) is 0 Å². The van der Waals surface area contributed by atoms with Gasteiger partial charge in [-0.2, -0.15) is 5.10 Å². The Hall–Kier alpha value is -2.69. The Kier molecular flexibility index (Phi) is 3.54. The fourth-order valence-electron chi connectivity index (χ4n) is 3.12. The van der Waals surface area contributed by atoms with Crippen LogP contribution in [0.2, 0.25) is 0 Å². The van der Waals surface area contributed by atoms with Gasteiger partial charge in [-0.3, -0.25) is 14.9 Å². The first kappa shape index (κ1) is 13.9. The number of hydrogen-bond acceptors (Lipinski definition) is 4. The number of nitrogens with one attached hydrogen (secondary N) is 1. The number of hydrogen-bond donors (Lipinski definition) is 1. The van der Waals surface area contributed by atoms with Crippen molar-refractivity contribution in [2.45, 2.75) is 31.3 Å². The van der Waals surface area contributed by atoms with E-state index in [0.29, 0.717) is 18.8 Å². The molecule has 1 saturated carbocycles. The predicted molar refractivity (Wildman–Crippen MR) is 85.9 cm³/mol. The molecule has 0 spiro atoms. The molecular weight excluding hydrogens is 290 g/mol. The van der Waals surface area contributed by atoms with E-state index < -0.39 is 0 Å². The van der Waals surface area contributed by atoms with Gasteiger partial charge in [-0.25, -0.2) is 0 Å². The molecule has 23 heavy (non-hydrogen) atoms. The minimum Gasteiger partial charge on any atom is -0.459 e. The van der Waals surface area contributed by atoms with E-state index in [-0.39, 0.29) is 6.10 Å². The van der Waals surface area contributed by atoms with Gasteiger partial charge in [0.2, 0.25) is 0 Å². The molecule has 1 unspecified atom stereocenters. The van der Waals surface area contributed by atoms with Crippen molar-refractivity contribution in [3.8, 4) is 0 Å². The third-order valence-corrected chi connectivity index (χ3v) is 4.39. The second-order valence-corrected chi connectivity index (χ2v) is 5.93. The van der Waals surface area contributed by atoms with Gasteiger partial charge in [0.15, 0.2) is 0 Å². The topological polar surface area (TPSA) is 67.9 Å². The average molecular weight is 307 g/mol. The lowest BCUT2D eigenvalue weighted by Gasteiger charge is -2.17. The van der Waals surface area contributed by atoms with Gasteiger partial charge in [0.1, 0.15) is 6.10 Å². The molecule has 3 aromatic rings. The zero-order valence-corrected chi connectivity index (χ0v) is 12.6. The second-order valence-electron chi connectivity index (χ2n) is 5.93. The number of pyridine rings is 1.